The molecule has 0 spiro atoms. The maximum atomic E-state index is 5.59. The summed E-state index contributed by atoms with van der Waals surface area (Å²) in [6.07, 6.45) is 5.13. The largest absolute Gasteiger partial charge is 0.324 e. The predicted molar refractivity (Wildman–Crippen MR) is 59.3 cm³/mol. The molecule has 1 saturated carbocycles. The van der Waals surface area contributed by atoms with E-state index in [9.17, 15) is 0 Å². The Morgan fingerprint density at radius 1 is 1.27 bits per heavy atom. The molecule has 4 nitrogen and oxygen atoms in total. The van der Waals surface area contributed by atoms with E-state index < -0.39 is 0 Å². The Labute approximate surface area is 90.9 Å². The van der Waals surface area contributed by atoms with Gasteiger partial charge in [0.15, 0.2) is 0 Å². The van der Waals surface area contributed by atoms with Crippen molar-refractivity contribution in [2.75, 3.05) is 0 Å². The zero-order valence-electron chi connectivity index (χ0n) is 9.61. The number of nitrogens with two attached hydrogens (primary N) is 1. The van der Waals surface area contributed by atoms with Crippen LogP contribution in [0.1, 0.15) is 50.2 Å². The van der Waals surface area contributed by atoms with E-state index in [1.165, 1.54) is 25.7 Å². The first-order valence-electron chi connectivity index (χ1n) is 5.80. The van der Waals surface area contributed by atoms with Crippen LogP contribution in [0.5, 0.6) is 0 Å². The monoisotopic (exact) mass is 208 g/mol. The van der Waals surface area contributed by atoms with Gasteiger partial charge in [-0.05, 0) is 18.8 Å². The highest BCUT2D eigenvalue weighted by molar-refractivity contribution is 5.02. The van der Waals surface area contributed by atoms with E-state index in [1.807, 2.05) is 7.05 Å². The molecule has 0 bridgehead atoms. The molecule has 0 aromatic carbocycles. The molecule has 1 aromatic heterocycles. The van der Waals surface area contributed by atoms with Gasteiger partial charge in [-0.3, -0.25) is 0 Å². The van der Waals surface area contributed by atoms with Crippen LogP contribution in [-0.4, -0.2) is 14.8 Å². The minimum Gasteiger partial charge on any atom is -0.324 e. The standard InChI is InChI=1S/C11H20N4/c1-8-3-5-9(6-4-8)11-14-13-10(7-12)15(11)2/h8-9H,3-7,12H2,1-2H3. The van der Waals surface area contributed by atoms with E-state index in [4.69, 9.17) is 5.73 Å². The summed E-state index contributed by atoms with van der Waals surface area (Å²) >= 11 is 0. The maximum absolute atomic E-state index is 5.59. The first-order valence-corrected chi connectivity index (χ1v) is 5.80. The molecule has 2 rings (SSSR count). The number of hydrogen-bond acceptors (Lipinski definition) is 3. The van der Waals surface area contributed by atoms with Gasteiger partial charge in [-0.25, -0.2) is 0 Å². The van der Waals surface area contributed by atoms with Gasteiger partial charge >= 0.3 is 0 Å². The summed E-state index contributed by atoms with van der Waals surface area (Å²) in [5.74, 6) is 3.49. The fourth-order valence-corrected chi connectivity index (χ4v) is 2.43. The van der Waals surface area contributed by atoms with Crippen LogP contribution in [0, 0.1) is 5.92 Å². The fourth-order valence-electron chi connectivity index (χ4n) is 2.43. The molecule has 1 aliphatic carbocycles. The van der Waals surface area contributed by atoms with Crippen molar-refractivity contribution < 1.29 is 0 Å². The van der Waals surface area contributed by atoms with E-state index in [0.29, 0.717) is 12.5 Å². The van der Waals surface area contributed by atoms with Crippen LogP contribution in [0.3, 0.4) is 0 Å². The molecule has 1 heterocycles. The fraction of sp³-hybridized carbons (Fsp3) is 0.818. The number of nitrogens with zero attached hydrogens (tertiary/aromatic N) is 3. The molecular formula is C11H20N4. The van der Waals surface area contributed by atoms with Gasteiger partial charge in [-0.1, -0.05) is 19.8 Å². The normalized spacial score (nSPS) is 26.9. The first kappa shape index (κ1) is 10.6. The smallest absolute Gasteiger partial charge is 0.146 e. The SMILES string of the molecule is CC1CCC(c2nnc(CN)n2C)CC1. The topological polar surface area (TPSA) is 56.7 Å². The minimum absolute atomic E-state index is 0.479. The van der Waals surface area contributed by atoms with Gasteiger partial charge in [-0.15, -0.1) is 10.2 Å². The predicted octanol–water partition coefficient (Wildman–Crippen LogP) is 1.57. The third-order valence-corrected chi connectivity index (χ3v) is 3.56. The zero-order valence-corrected chi connectivity index (χ0v) is 9.61. The Hall–Kier alpha value is -0.900. The molecule has 1 aromatic rings. The van der Waals surface area contributed by atoms with Gasteiger partial charge in [0.2, 0.25) is 0 Å². The van der Waals surface area contributed by atoms with Crippen LogP contribution >= 0.6 is 0 Å². The van der Waals surface area contributed by atoms with E-state index in [2.05, 4.69) is 21.7 Å². The Morgan fingerprint density at radius 2 is 1.93 bits per heavy atom. The van der Waals surface area contributed by atoms with Crippen molar-refractivity contribution in [3.05, 3.63) is 11.6 Å². The molecule has 2 N–H and O–H groups in total. The van der Waals surface area contributed by atoms with Crippen LogP contribution in [0.2, 0.25) is 0 Å². The molecule has 15 heavy (non-hydrogen) atoms. The second-order valence-corrected chi connectivity index (χ2v) is 4.69. The van der Waals surface area contributed by atoms with Crippen LogP contribution in [0.4, 0.5) is 0 Å². The van der Waals surface area contributed by atoms with Gasteiger partial charge in [0, 0.05) is 13.0 Å². The molecule has 0 aliphatic heterocycles. The highest BCUT2D eigenvalue weighted by Crippen LogP contribution is 2.34. The minimum atomic E-state index is 0.479. The summed E-state index contributed by atoms with van der Waals surface area (Å²) in [5, 5.41) is 8.38. The third-order valence-electron chi connectivity index (χ3n) is 3.56. The number of aromatic nitrogens is 3. The van der Waals surface area contributed by atoms with Crippen LogP contribution < -0.4 is 5.73 Å². The van der Waals surface area contributed by atoms with E-state index in [-0.39, 0.29) is 0 Å². The summed E-state index contributed by atoms with van der Waals surface area (Å²) in [6, 6.07) is 0. The number of hydrogen-bond donors (Lipinski definition) is 1. The van der Waals surface area contributed by atoms with E-state index in [0.717, 1.165) is 17.6 Å². The molecular weight excluding hydrogens is 188 g/mol. The quantitative estimate of drug-likeness (QED) is 0.802. The lowest BCUT2D eigenvalue weighted by Gasteiger charge is -2.25. The molecule has 0 unspecified atom stereocenters. The molecule has 4 heteroatoms. The van der Waals surface area contributed by atoms with Crippen LogP contribution in [-0.2, 0) is 13.6 Å². The van der Waals surface area contributed by atoms with Crippen molar-refractivity contribution in [1.82, 2.24) is 14.8 Å². The molecule has 0 saturated heterocycles. The van der Waals surface area contributed by atoms with Gasteiger partial charge in [0.1, 0.15) is 11.6 Å². The molecule has 1 fully saturated rings. The maximum Gasteiger partial charge on any atom is 0.146 e. The van der Waals surface area contributed by atoms with Crippen molar-refractivity contribution in [2.24, 2.45) is 18.7 Å². The summed E-state index contributed by atoms with van der Waals surface area (Å²) in [5.41, 5.74) is 5.59. The third kappa shape index (κ3) is 2.04. The van der Waals surface area contributed by atoms with Crippen molar-refractivity contribution in [3.63, 3.8) is 0 Å². The molecule has 84 valence electrons. The second-order valence-electron chi connectivity index (χ2n) is 4.69. The Bertz CT molecular complexity index is 323. The van der Waals surface area contributed by atoms with Gasteiger partial charge in [0.05, 0.1) is 6.54 Å². The molecule has 0 atom stereocenters. The van der Waals surface area contributed by atoms with Gasteiger partial charge in [-0.2, -0.15) is 0 Å². The van der Waals surface area contributed by atoms with E-state index in [1.54, 1.807) is 0 Å². The molecule has 1 aliphatic rings. The highest BCUT2D eigenvalue weighted by atomic mass is 15.3. The lowest BCUT2D eigenvalue weighted by Crippen LogP contribution is -2.15. The summed E-state index contributed by atoms with van der Waals surface area (Å²) in [6.45, 7) is 2.81. The second kappa shape index (κ2) is 4.31. The highest BCUT2D eigenvalue weighted by Gasteiger charge is 2.24. The van der Waals surface area contributed by atoms with Crippen LogP contribution in [0.15, 0.2) is 0 Å². The lowest BCUT2D eigenvalue weighted by molar-refractivity contribution is 0.335. The summed E-state index contributed by atoms with van der Waals surface area (Å²) < 4.78 is 2.07. The van der Waals surface area contributed by atoms with Gasteiger partial charge in [0.25, 0.3) is 0 Å². The average Bonchev–Trinajstić information content (AvgIpc) is 2.61. The Morgan fingerprint density at radius 3 is 2.47 bits per heavy atom. The van der Waals surface area contributed by atoms with Crippen LogP contribution in [0.25, 0.3) is 0 Å². The van der Waals surface area contributed by atoms with Crippen molar-refractivity contribution in [3.8, 4) is 0 Å². The first-order chi connectivity index (χ1) is 7.22. The van der Waals surface area contributed by atoms with E-state index >= 15 is 0 Å². The van der Waals surface area contributed by atoms with Crippen molar-refractivity contribution >= 4 is 0 Å². The van der Waals surface area contributed by atoms with Gasteiger partial charge < -0.3 is 10.3 Å². The Balaban J connectivity index is 2.12. The molecule has 0 amide bonds. The Kier molecular flexibility index (Phi) is 3.05. The molecule has 0 radical (unpaired) electrons. The summed E-state index contributed by atoms with van der Waals surface area (Å²) in [7, 11) is 2.02. The van der Waals surface area contributed by atoms with Crippen molar-refractivity contribution in [2.45, 2.75) is 45.1 Å². The summed E-state index contributed by atoms with van der Waals surface area (Å²) in [4.78, 5) is 0. The van der Waals surface area contributed by atoms with Crippen molar-refractivity contribution in [1.29, 1.82) is 0 Å². The average molecular weight is 208 g/mol. The number of rotatable bonds is 2. The lowest BCUT2D eigenvalue weighted by atomic mass is 9.82. The zero-order chi connectivity index (χ0) is 10.8.